The van der Waals surface area contributed by atoms with Crippen molar-refractivity contribution in [3.05, 3.63) is 63.0 Å². The number of methoxy groups -OCH3 is 1. The first-order valence-corrected chi connectivity index (χ1v) is 7.40. The molecule has 0 aromatic heterocycles. The van der Waals surface area contributed by atoms with Crippen LogP contribution in [0.15, 0.2) is 42.5 Å². The molecule has 0 saturated carbocycles. The summed E-state index contributed by atoms with van der Waals surface area (Å²) in [5.41, 5.74) is 1.55. The standard InChI is InChI=1S/C16H14FIO3/c1-20-14(19)9-12-7-8-13(15(17)16(12)18)21-10-11-5-3-2-4-6-11/h2-8H,9-10H2,1H3. The van der Waals surface area contributed by atoms with Gasteiger partial charge in [-0.2, -0.15) is 0 Å². The zero-order chi connectivity index (χ0) is 15.2. The Kier molecular flexibility index (Phi) is 5.55. The highest BCUT2D eigenvalue weighted by atomic mass is 127. The molecule has 0 amide bonds. The molecule has 2 rings (SSSR count). The minimum Gasteiger partial charge on any atom is -0.486 e. The fraction of sp³-hybridized carbons (Fsp3) is 0.188. The molecular weight excluding hydrogens is 386 g/mol. The van der Waals surface area contributed by atoms with Crippen LogP contribution in [0.3, 0.4) is 0 Å². The number of esters is 1. The predicted octanol–water partition coefficient (Wildman–Crippen LogP) is 3.72. The lowest BCUT2D eigenvalue weighted by Crippen LogP contribution is -2.07. The van der Waals surface area contributed by atoms with Crippen LogP contribution in [0, 0.1) is 9.39 Å². The number of ether oxygens (including phenoxy) is 2. The van der Waals surface area contributed by atoms with Gasteiger partial charge in [0.15, 0.2) is 11.6 Å². The van der Waals surface area contributed by atoms with Gasteiger partial charge in [0.2, 0.25) is 0 Å². The van der Waals surface area contributed by atoms with E-state index in [0.717, 1.165) is 5.56 Å². The van der Waals surface area contributed by atoms with Crippen molar-refractivity contribution in [1.82, 2.24) is 0 Å². The van der Waals surface area contributed by atoms with Gasteiger partial charge < -0.3 is 9.47 Å². The van der Waals surface area contributed by atoms with Crippen molar-refractivity contribution in [3.8, 4) is 5.75 Å². The molecule has 0 bridgehead atoms. The van der Waals surface area contributed by atoms with Crippen LogP contribution in [0.5, 0.6) is 5.75 Å². The van der Waals surface area contributed by atoms with E-state index in [4.69, 9.17) is 4.74 Å². The Morgan fingerprint density at radius 3 is 2.57 bits per heavy atom. The Morgan fingerprint density at radius 2 is 1.90 bits per heavy atom. The van der Waals surface area contributed by atoms with Gasteiger partial charge in [-0.1, -0.05) is 36.4 Å². The average Bonchev–Trinajstić information content (AvgIpc) is 2.52. The van der Waals surface area contributed by atoms with Gasteiger partial charge >= 0.3 is 5.97 Å². The van der Waals surface area contributed by atoms with Crippen LogP contribution in [0.25, 0.3) is 0 Å². The Labute approximate surface area is 136 Å². The number of benzene rings is 2. The van der Waals surface area contributed by atoms with E-state index < -0.39 is 11.8 Å². The smallest absolute Gasteiger partial charge is 0.310 e. The lowest BCUT2D eigenvalue weighted by atomic mass is 10.1. The topological polar surface area (TPSA) is 35.5 Å². The van der Waals surface area contributed by atoms with Gasteiger partial charge in [-0.3, -0.25) is 4.79 Å². The van der Waals surface area contributed by atoms with E-state index in [1.807, 2.05) is 52.9 Å². The highest BCUT2D eigenvalue weighted by Crippen LogP contribution is 2.26. The molecule has 0 atom stereocenters. The third-order valence-corrected chi connectivity index (χ3v) is 4.09. The number of carbonyl (C=O) groups excluding carboxylic acids is 1. The van der Waals surface area contributed by atoms with Crippen molar-refractivity contribution < 1.29 is 18.7 Å². The summed E-state index contributed by atoms with van der Waals surface area (Å²) in [5.74, 6) is -0.671. The Bertz CT molecular complexity index is 629. The van der Waals surface area contributed by atoms with Crippen molar-refractivity contribution in [2.24, 2.45) is 0 Å². The van der Waals surface area contributed by atoms with Gasteiger partial charge in [-0.05, 0) is 39.8 Å². The molecule has 0 aliphatic carbocycles. The van der Waals surface area contributed by atoms with Gasteiger partial charge in [0, 0.05) is 0 Å². The molecule has 3 nitrogen and oxygen atoms in total. The molecule has 0 saturated heterocycles. The second kappa shape index (κ2) is 7.40. The second-order valence-corrected chi connectivity index (χ2v) is 5.46. The average molecular weight is 400 g/mol. The maximum absolute atomic E-state index is 14.2. The van der Waals surface area contributed by atoms with Gasteiger partial charge in [-0.25, -0.2) is 4.39 Å². The molecule has 5 heteroatoms. The van der Waals surface area contributed by atoms with Crippen LogP contribution < -0.4 is 4.74 Å². The van der Waals surface area contributed by atoms with E-state index in [9.17, 15) is 9.18 Å². The quantitative estimate of drug-likeness (QED) is 0.567. The third-order valence-electron chi connectivity index (χ3n) is 2.93. The SMILES string of the molecule is COC(=O)Cc1ccc(OCc2ccccc2)c(F)c1I. The molecule has 2 aromatic rings. The Hall–Kier alpha value is -1.63. The molecule has 0 radical (unpaired) electrons. The summed E-state index contributed by atoms with van der Waals surface area (Å²) >= 11 is 1.87. The largest absolute Gasteiger partial charge is 0.486 e. The van der Waals surface area contributed by atoms with Crippen molar-refractivity contribution in [2.75, 3.05) is 7.11 Å². The number of hydrogen-bond acceptors (Lipinski definition) is 3. The monoisotopic (exact) mass is 400 g/mol. The zero-order valence-electron chi connectivity index (χ0n) is 11.4. The first kappa shape index (κ1) is 15.8. The third kappa shape index (κ3) is 4.17. The van der Waals surface area contributed by atoms with Crippen LogP contribution in [0.2, 0.25) is 0 Å². The highest BCUT2D eigenvalue weighted by Gasteiger charge is 2.15. The molecule has 0 spiro atoms. The van der Waals surface area contributed by atoms with Gasteiger partial charge in [0.25, 0.3) is 0 Å². The van der Waals surface area contributed by atoms with E-state index in [1.165, 1.54) is 7.11 Å². The van der Waals surface area contributed by atoms with Crippen LogP contribution in [-0.2, 0) is 22.6 Å². The fourth-order valence-corrected chi connectivity index (χ4v) is 2.42. The first-order chi connectivity index (χ1) is 10.1. The molecule has 0 aliphatic rings. The first-order valence-electron chi connectivity index (χ1n) is 6.32. The maximum Gasteiger partial charge on any atom is 0.310 e. The summed E-state index contributed by atoms with van der Waals surface area (Å²) < 4.78 is 24.7. The minimum atomic E-state index is -0.451. The number of hydrogen-bond donors (Lipinski definition) is 0. The van der Waals surface area contributed by atoms with Gasteiger partial charge in [0.05, 0.1) is 17.1 Å². The van der Waals surface area contributed by atoms with Gasteiger partial charge in [0.1, 0.15) is 6.61 Å². The molecule has 0 N–H and O–H groups in total. The predicted molar refractivity (Wildman–Crippen MR) is 85.6 cm³/mol. The van der Waals surface area contributed by atoms with E-state index in [2.05, 4.69) is 4.74 Å². The summed E-state index contributed by atoms with van der Waals surface area (Å²) in [6.07, 6.45) is 0.0463. The van der Waals surface area contributed by atoms with Crippen molar-refractivity contribution in [1.29, 1.82) is 0 Å². The fourth-order valence-electron chi connectivity index (χ4n) is 1.78. The molecule has 2 aromatic carbocycles. The van der Waals surface area contributed by atoms with Crippen LogP contribution in [0.1, 0.15) is 11.1 Å². The van der Waals surface area contributed by atoms with E-state index >= 15 is 0 Å². The van der Waals surface area contributed by atoms with Crippen molar-refractivity contribution in [2.45, 2.75) is 13.0 Å². The summed E-state index contributed by atoms with van der Waals surface area (Å²) in [6.45, 7) is 0.296. The Balaban J connectivity index is 2.11. The highest BCUT2D eigenvalue weighted by molar-refractivity contribution is 14.1. The number of carbonyl (C=O) groups is 1. The van der Waals surface area contributed by atoms with Gasteiger partial charge in [-0.15, -0.1) is 0 Å². The summed E-state index contributed by atoms with van der Waals surface area (Å²) in [6, 6.07) is 12.8. The van der Waals surface area contributed by atoms with Crippen LogP contribution >= 0.6 is 22.6 Å². The molecule has 110 valence electrons. The number of halogens is 2. The normalized spacial score (nSPS) is 10.2. The van der Waals surface area contributed by atoms with Crippen LogP contribution in [-0.4, -0.2) is 13.1 Å². The molecule has 0 unspecified atom stereocenters. The maximum atomic E-state index is 14.2. The zero-order valence-corrected chi connectivity index (χ0v) is 13.6. The summed E-state index contributed by atoms with van der Waals surface area (Å²) in [4.78, 5) is 11.3. The lowest BCUT2D eigenvalue weighted by Gasteiger charge is -2.11. The second-order valence-electron chi connectivity index (χ2n) is 4.38. The van der Waals surface area contributed by atoms with E-state index in [1.54, 1.807) is 12.1 Å². The van der Waals surface area contributed by atoms with E-state index in [0.29, 0.717) is 15.7 Å². The molecule has 21 heavy (non-hydrogen) atoms. The molecular formula is C16H14FIO3. The molecule has 0 aliphatic heterocycles. The van der Waals surface area contributed by atoms with Crippen molar-refractivity contribution >= 4 is 28.6 Å². The Morgan fingerprint density at radius 1 is 1.19 bits per heavy atom. The molecule has 0 fully saturated rings. The molecule has 0 heterocycles. The van der Waals surface area contributed by atoms with E-state index in [-0.39, 0.29) is 12.2 Å². The van der Waals surface area contributed by atoms with Crippen molar-refractivity contribution in [3.63, 3.8) is 0 Å². The van der Waals surface area contributed by atoms with Crippen LogP contribution in [0.4, 0.5) is 4.39 Å². The lowest BCUT2D eigenvalue weighted by molar-refractivity contribution is -0.139. The summed E-state index contributed by atoms with van der Waals surface area (Å²) in [5, 5.41) is 0. The number of rotatable bonds is 5. The summed E-state index contributed by atoms with van der Waals surface area (Å²) in [7, 11) is 1.31. The minimum absolute atomic E-state index is 0.0463.